The number of carbonyl (C=O) groups excluding carboxylic acids is 1. The van der Waals surface area contributed by atoms with Crippen molar-refractivity contribution in [3.8, 4) is 0 Å². The van der Waals surface area contributed by atoms with E-state index in [1.54, 1.807) is 50.3 Å². The van der Waals surface area contributed by atoms with Gasteiger partial charge in [-0.15, -0.1) is 0 Å². The minimum absolute atomic E-state index is 0.0482. The molecule has 0 radical (unpaired) electrons. The van der Waals surface area contributed by atoms with Gasteiger partial charge < -0.3 is 14.8 Å². The van der Waals surface area contributed by atoms with Gasteiger partial charge in [0, 0.05) is 6.42 Å². The molecule has 1 atom stereocenters. The summed E-state index contributed by atoms with van der Waals surface area (Å²) in [5.74, 6) is 0.554. The third kappa shape index (κ3) is 5.07. The summed E-state index contributed by atoms with van der Waals surface area (Å²) in [6.07, 6.45) is 3.47. The van der Waals surface area contributed by atoms with Crippen LogP contribution in [0.4, 0.5) is 4.39 Å². The molecule has 1 aromatic heterocycles. The number of carbonyl (C=O) groups is 1. The molecule has 122 valence electrons. The fraction of sp³-hybridized carbons (Fsp3) is 0.278. The first-order valence-corrected chi connectivity index (χ1v) is 7.35. The average Bonchev–Trinajstić information content (AvgIpc) is 2.93. The Labute approximate surface area is 134 Å². The zero-order chi connectivity index (χ0) is 16.9. The van der Waals surface area contributed by atoms with Crippen molar-refractivity contribution in [2.75, 3.05) is 6.54 Å². The Morgan fingerprint density at radius 1 is 1.39 bits per heavy atom. The highest BCUT2D eigenvalue weighted by Gasteiger charge is 2.27. The molecule has 0 aliphatic heterocycles. The van der Waals surface area contributed by atoms with Gasteiger partial charge in [-0.25, -0.2) is 4.39 Å². The normalized spacial score (nSPS) is 13.9. The molecule has 23 heavy (non-hydrogen) atoms. The molecule has 0 fully saturated rings. The van der Waals surface area contributed by atoms with Gasteiger partial charge in [0.05, 0.1) is 6.54 Å². The van der Waals surface area contributed by atoms with E-state index in [1.165, 1.54) is 12.1 Å². The Morgan fingerprint density at radius 3 is 2.83 bits per heavy atom. The molecule has 1 amide bonds. The number of nitrogens with one attached hydrogen (secondary N) is 1. The van der Waals surface area contributed by atoms with Gasteiger partial charge in [0.1, 0.15) is 22.9 Å². The molecule has 1 aromatic carbocycles. The van der Waals surface area contributed by atoms with Gasteiger partial charge in [-0.1, -0.05) is 24.3 Å². The minimum atomic E-state index is -1.27. The van der Waals surface area contributed by atoms with E-state index in [0.29, 0.717) is 17.1 Å². The maximum Gasteiger partial charge on any atom is 0.223 e. The topological polar surface area (TPSA) is 62.5 Å². The van der Waals surface area contributed by atoms with E-state index in [0.717, 1.165) is 0 Å². The number of benzene rings is 1. The van der Waals surface area contributed by atoms with Crippen molar-refractivity contribution >= 4 is 12.0 Å². The van der Waals surface area contributed by atoms with Crippen LogP contribution in [0, 0.1) is 12.7 Å². The highest BCUT2D eigenvalue weighted by molar-refractivity contribution is 5.78. The number of aliphatic hydroxyl groups is 1. The van der Waals surface area contributed by atoms with Crippen molar-refractivity contribution < 1.29 is 18.7 Å². The molecule has 0 aliphatic rings. The zero-order valence-corrected chi connectivity index (χ0v) is 13.2. The van der Waals surface area contributed by atoms with Gasteiger partial charge in [0.15, 0.2) is 0 Å². The van der Waals surface area contributed by atoms with Crippen LogP contribution in [-0.4, -0.2) is 17.6 Å². The number of hydrogen-bond acceptors (Lipinski definition) is 3. The highest BCUT2D eigenvalue weighted by atomic mass is 19.1. The summed E-state index contributed by atoms with van der Waals surface area (Å²) in [4.78, 5) is 11.8. The summed E-state index contributed by atoms with van der Waals surface area (Å²) in [6, 6.07) is 9.55. The van der Waals surface area contributed by atoms with E-state index >= 15 is 0 Å². The number of furan rings is 1. The lowest BCUT2D eigenvalue weighted by Crippen LogP contribution is -2.38. The van der Waals surface area contributed by atoms with Crippen molar-refractivity contribution in [1.29, 1.82) is 0 Å². The molecule has 0 aliphatic carbocycles. The highest BCUT2D eigenvalue weighted by Crippen LogP contribution is 2.21. The van der Waals surface area contributed by atoms with Crippen LogP contribution in [0.1, 0.15) is 30.4 Å². The SMILES string of the molecule is Cc1ccc(C(C)(O)CNC(=O)CC=Cc2cccc(F)c2)o1. The summed E-state index contributed by atoms with van der Waals surface area (Å²) >= 11 is 0. The summed E-state index contributed by atoms with van der Waals surface area (Å²) in [5.41, 5.74) is -0.577. The molecule has 1 unspecified atom stereocenters. The van der Waals surface area contributed by atoms with E-state index in [1.807, 2.05) is 0 Å². The molecule has 0 bridgehead atoms. The van der Waals surface area contributed by atoms with E-state index in [9.17, 15) is 14.3 Å². The maximum atomic E-state index is 13.0. The molecule has 2 aromatic rings. The molecule has 0 spiro atoms. The van der Waals surface area contributed by atoms with Gasteiger partial charge in [0.25, 0.3) is 0 Å². The first kappa shape index (κ1) is 17.0. The van der Waals surface area contributed by atoms with Gasteiger partial charge in [-0.2, -0.15) is 0 Å². The number of amides is 1. The van der Waals surface area contributed by atoms with Crippen molar-refractivity contribution in [3.05, 3.63) is 65.4 Å². The van der Waals surface area contributed by atoms with Crippen LogP contribution in [0.3, 0.4) is 0 Å². The van der Waals surface area contributed by atoms with E-state index in [2.05, 4.69) is 5.32 Å². The van der Waals surface area contributed by atoms with Crippen molar-refractivity contribution in [2.45, 2.75) is 25.9 Å². The Hall–Kier alpha value is -2.40. The lowest BCUT2D eigenvalue weighted by molar-refractivity contribution is -0.121. The van der Waals surface area contributed by atoms with E-state index in [-0.39, 0.29) is 24.7 Å². The predicted molar refractivity (Wildman–Crippen MR) is 86.1 cm³/mol. The summed E-state index contributed by atoms with van der Waals surface area (Å²) in [6.45, 7) is 3.41. The quantitative estimate of drug-likeness (QED) is 0.860. The molecular weight excluding hydrogens is 297 g/mol. The molecule has 0 saturated carbocycles. The van der Waals surface area contributed by atoms with Crippen LogP contribution < -0.4 is 5.32 Å². The van der Waals surface area contributed by atoms with Crippen LogP contribution >= 0.6 is 0 Å². The summed E-state index contributed by atoms with van der Waals surface area (Å²) < 4.78 is 18.4. The van der Waals surface area contributed by atoms with Crippen molar-refractivity contribution in [2.24, 2.45) is 0 Å². The summed E-state index contributed by atoms with van der Waals surface area (Å²) in [5, 5.41) is 13.0. The first-order valence-electron chi connectivity index (χ1n) is 7.35. The molecule has 1 heterocycles. The van der Waals surface area contributed by atoms with Crippen LogP contribution in [0.2, 0.25) is 0 Å². The van der Waals surface area contributed by atoms with Crippen molar-refractivity contribution in [1.82, 2.24) is 5.32 Å². The van der Waals surface area contributed by atoms with Gasteiger partial charge in [-0.3, -0.25) is 4.79 Å². The number of halogens is 1. The third-order valence-corrected chi connectivity index (χ3v) is 3.36. The van der Waals surface area contributed by atoms with E-state index < -0.39 is 5.60 Å². The molecule has 2 rings (SSSR count). The van der Waals surface area contributed by atoms with Gasteiger partial charge >= 0.3 is 0 Å². The molecular formula is C18H20FNO3. The minimum Gasteiger partial charge on any atom is -0.463 e. The number of hydrogen-bond donors (Lipinski definition) is 2. The molecule has 0 saturated heterocycles. The standard InChI is InChI=1S/C18H20FNO3/c1-13-9-10-16(23-13)18(2,22)12-20-17(21)8-4-6-14-5-3-7-15(19)11-14/h3-7,9-11,22H,8,12H2,1-2H3,(H,20,21). The second-order valence-corrected chi connectivity index (χ2v) is 5.62. The van der Waals surface area contributed by atoms with Crippen LogP contribution in [0.15, 0.2) is 46.9 Å². The second kappa shape index (κ2) is 7.24. The smallest absolute Gasteiger partial charge is 0.223 e. The maximum absolute atomic E-state index is 13.0. The first-order chi connectivity index (χ1) is 10.9. The van der Waals surface area contributed by atoms with Gasteiger partial charge in [0.2, 0.25) is 5.91 Å². The molecule has 5 heteroatoms. The molecule has 2 N–H and O–H groups in total. The van der Waals surface area contributed by atoms with E-state index in [4.69, 9.17) is 4.42 Å². The van der Waals surface area contributed by atoms with Crippen LogP contribution in [0.5, 0.6) is 0 Å². The lowest BCUT2D eigenvalue weighted by atomic mass is 10.0. The van der Waals surface area contributed by atoms with Crippen molar-refractivity contribution in [3.63, 3.8) is 0 Å². The monoisotopic (exact) mass is 317 g/mol. The second-order valence-electron chi connectivity index (χ2n) is 5.62. The Morgan fingerprint density at radius 2 is 2.17 bits per heavy atom. The Bertz CT molecular complexity index is 704. The number of aryl methyl sites for hydroxylation is 1. The summed E-state index contributed by atoms with van der Waals surface area (Å²) in [7, 11) is 0. The van der Waals surface area contributed by atoms with Crippen LogP contribution in [0.25, 0.3) is 6.08 Å². The molecule has 4 nitrogen and oxygen atoms in total. The largest absolute Gasteiger partial charge is 0.463 e. The van der Waals surface area contributed by atoms with Gasteiger partial charge in [-0.05, 0) is 43.7 Å². The zero-order valence-electron chi connectivity index (χ0n) is 13.2. The van der Waals surface area contributed by atoms with Crippen LogP contribution in [-0.2, 0) is 10.4 Å². The Balaban J connectivity index is 1.83. The lowest BCUT2D eigenvalue weighted by Gasteiger charge is -2.21. The third-order valence-electron chi connectivity index (χ3n) is 3.36. The number of rotatable bonds is 6. The Kier molecular flexibility index (Phi) is 5.34. The average molecular weight is 317 g/mol. The predicted octanol–water partition coefficient (Wildman–Crippen LogP) is 3.15. The fourth-order valence-corrected chi connectivity index (χ4v) is 2.07. The fourth-order valence-electron chi connectivity index (χ4n) is 2.07.